The molecule has 188 valence electrons. The quantitative estimate of drug-likeness (QED) is 0.536. The summed E-state index contributed by atoms with van der Waals surface area (Å²) < 4.78 is 28.5. The molecule has 0 aliphatic carbocycles. The first-order valence-corrected chi connectivity index (χ1v) is 12.8. The first-order chi connectivity index (χ1) is 15.9. The van der Waals surface area contributed by atoms with Crippen LogP contribution < -0.4 is 0 Å². The lowest BCUT2D eigenvalue weighted by molar-refractivity contribution is 0.0782. The number of aromatic hydroxyl groups is 2. The fourth-order valence-electron chi connectivity index (χ4n) is 3.71. The van der Waals surface area contributed by atoms with Crippen molar-refractivity contribution in [2.24, 2.45) is 0 Å². The molecule has 2 aromatic rings. The normalized spacial score (nSPS) is 15.7. The maximum Gasteiger partial charge on any atom is 0.281 e. The van der Waals surface area contributed by atoms with Crippen molar-refractivity contribution in [2.75, 3.05) is 53.9 Å². The summed E-state index contributed by atoms with van der Waals surface area (Å²) in [5.41, 5.74) is 0.755. The van der Waals surface area contributed by atoms with Gasteiger partial charge in [-0.2, -0.15) is 17.0 Å². The van der Waals surface area contributed by atoms with E-state index in [9.17, 15) is 23.4 Å². The van der Waals surface area contributed by atoms with E-state index in [1.54, 1.807) is 25.2 Å². The number of benzene rings is 1. The number of piperazine rings is 1. The molecule has 1 saturated heterocycles. The number of nitrogens with zero attached hydrogens (tertiary/aromatic N) is 5. The lowest BCUT2D eigenvalue weighted by Crippen LogP contribution is -2.52. The van der Waals surface area contributed by atoms with Gasteiger partial charge in [0.05, 0.1) is 10.0 Å². The predicted molar refractivity (Wildman–Crippen MR) is 131 cm³/mol. The molecule has 1 aromatic carbocycles. The van der Waals surface area contributed by atoms with E-state index in [0.29, 0.717) is 49.3 Å². The van der Waals surface area contributed by atoms with Crippen LogP contribution in [-0.4, -0.2) is 101 Å². The molecule has 1 aliphatic heterocycles. The van der Waals surface area contributed by atoms with Gasteiger partial charge in [-0.25, -0.2) is 0 Å². The Bertz CT molecular complexity index is 1150. The first kappa shape index (κ1) is 26.6. The monoisotopic (exact) mass is 533 g/mol. The number of amides is 1. The minimum absolute atomic E-state index is 0.0121. The highest BCUT2D eigenvalue weighted by atomic mass is 35.5. The Kier molecular flexibility index (Phi) is 8.38. The van der Waals surface area contributed by atoms with E-state index < -0.39 is 21.9 Å². The molecule has 2 heterocycles. The van der Waals surface area contributed by atoms with Gasteiger partial charge in [0, 0.05) is 73.2 Å². The van der Waals surface area contributed by atoms with E-state index in [1.807, 2.05) is 0 Å². The van der Waals surface area contributed by atoms with Gasteiger partial charge in [0.2, 0.25) is 5.88 Å². The molecule has 0 atom stereocenters. The molecule has 10 nitrogen and oxygen atoms in total. The third kappa shape index (κ3) is 5.78. The van der Waals surface area contributed by atoms with Crippen LogP contribution in [0, 0.1) is 0 Å². The second kappa shape index (κ2) is 10.7. The average Bonchev–Trinajstić information content (AvgIpc) is 3.08. The van der Waals surface area contributed by atoms with Crippen molar-refractivity contribution < 1.29 is 23.4 Å². The highest BCUT2D eigenvalue weighted by molar-refractivity contribution is 7.86. The Labute approximate surface area is 209 Å². The first-order valence-electron chi connectivity index (χ1n) is 10.6. The topological polar surface area (TPSA) is 110 Å². The number of carbonyl (C=O) groups excluding carboxylic acids is 1. The van der Waals surface area contributed by atoms with Crippen LogP contribution in [0.4, 0.5) is 0 Å². The Morgan fingerprint density at radius 3 is 2.26 bits per heavy atom. The predicted octanol–water partition coefficient (Wildman–Crippen LogP) is 1.90. The van der Waals surface area contributed by atoms with Crippen molar-refractivity contribution in [1.82, 2.24) is 23.0 Å². The van der Waals surface area contributed by atoms with Crippen LogP contribution in [0.2, 0.25) is 10.0 Å². The summed E-state index contributed by atoms with van der Waals surface area (Å²) >= 11 is 12.0. The lowest BCUT2D eigenvalue weighted by atomic mass is 10.2. The molecule has 2 N–H and O–H groups in total. The minimum atomic E-state index is -3.44. The lowest BCUT2D eigenvalue weighted by Gasteiger charge is -2.35. The molecule has 34 heavy (non-hydrogen) atoms. The molecule has 1 aliphatic rings. The zero-order valence-corrected chi connectivity index (χ0v) is 21.6. The van der Waals surface area contributed by atoms with Gasteiger partial charge in [-0.1, -0.05) is 29.3 Å². The van der Waals surface area contributed by atoms with E-state index >= 15 is 0 Å². The molecule has 0 radical (unpaired) electrons. The van der Waals surface area contributed by atoms with E-state index in [4.69, 9.17) is 23.2 Å². The van der Waals surface area contributed by atoms with Crippen molar-refractivity contribution in [3.05, 3.63) is 45.6 Å². The summed E-state index contributed by atoms with van der Waals surface area (Å²) in [6.45, 7) is 2.90. The van der Waals surface area contributed by atoms with Crippen molar-refractivity contribution in [3.8, 4) is 11.6 Å². The number of hydrogen-bond acceptors (Lipinski definition) is 6. The highest BCUT2D eigenvalue weighted by Crippen LogP contribution is 2.32. The van der Waals surface area contributed by atoms with E-state index in [0.717, 1.165) is 5.56 Å². The number of hydrogen-bond donors (Lipinski definition) is 2. The van der Waals surface area contributed by atoms with Gasteiger partial charge in [0.15, 0.2) is 5.75 Å². The highest BCUT2D eigenvalue weighted by Gasteiger charge is 2.29. The van der Waals surface area contributed by atoms with Gasteiger partial charge in [-0.3, -0.25) is 9.69 Å². The van der Waals surface area contributed by atoms with E-state index in [-0.39, 0.29) is 18.0 Å². The van der Waals surface area contributed by atoms with Crippen LogP contribution >= 0.6 is 23.2 Å². The molecule has 0 unspecified atom stereocenters. The molecule has 1 aromatic heterocycles. The molecule has 1 fully saturated rings. The van der Waals surface area contributed by atoms with Crippen LogP contribution in [0.15, 0.2) is 24.4 Å². The van der Waals surface area contributed by atoms with E-state index in [1.165, 1.54) is 38.4 Å². The third-order valence-electron chi connectivity index (χ3n) is 5.78. The van der Waals surface area contributed by atoms with Crippen molar-refractivity contribution in [2.45, 2.75) is 13.1 Å². The molecule has 0 bridgehead atoms. The summed E-state index contributed by atoms with van der Waals surface area (Å²) in [5.74, 6) is -1.33. The van der Waals surface area contributed by atoms with E-state index in [2.05, 4.69) is 4.90 Å². The maximum atomic E-state index is 12.9. The Hall–Kier alpha value is -2.02. The number of rotatable bonds is 8. The Morgan fingerprint density at radius 1 is 1.03 bits per heavy atom. The van der Waals surface area contributed by atoms with Crippen molar-refractivity contribution in [3.63, 3.8) is 0 Å². The fourth-order valence-corrected chi connectivity index (χ4v) is 5.12. The fraction of sp³-hybridized carbons (Fsp3) is 0.476. The molecular weight excluding hydrogens is 505 g/mol. The summed E-state index contributed by atoms with van der Waals surface area (Å²) in [4.78, 5) is 16.4. The largest absolute Gasteiger partial charge is 0.503 e. The molecule has 13 heteroatoms. The number of carbonyl (C=O) groups is 1. The van der Waals surface area contributed by atoms with Crippen LogP contribution in [0.25, 0.3) is 0 Å². The van der Waals surface area contributed by atoms with Gasteiger partial charge in [0.1, 0.15) is 5.56 Å². The molecule has 0 saturated carbocycles. The zero-order chi connectivity index (χ0) is 25.2. The van der Waals surface area contributed by atoms with Crippen LogP contribution in [0.3, 0.4) is 0 Å². The number of halogens is 2. The van der Waals surface area contributed by atoms with Crippen molar-refractivity contribution >= 4 is 39.3 Å². The van der Waals surface area contributed by atoms with Gasteiger partial charge in [0.25, 0.3) is 16.1 Å². The summed E-state index contributed by atoms with van der Waals surface area (Å²) in [6.07, 6.45) is 1.42. The zero-order valence-electron chi connectivity index (χ0n) is 19.3. The Balaban J connectivity index is 1.60. The van der Waals surface area contributed by atoms with Gasteiger partial charge >= 0.3 is 0 Å². The minimum Gasteiger partial charge on any atom is -0.503 e. The Morgan fingerprint density at radius 2 is 1.68 bits per heavy atom. The van der Waals surface area contributed by atoms with Crippen LogP contribution in [0.5, 0.6) is 11.6 Å². The number of aromatic nitrogens is 1. The summed E-state index contributed by atoms with van der Waals surface area (Å²) in [5, 5.41) is 21.5. The van der Waals surface area contributed by atoms with Crippen LogP contribution in [-0.2, 0) is 23.3 Å². The third-order valence-corrected chi connectivity index (χ3v) is 8.46. The second-order valence-corrected chi connectivity index (χ2v) is 11.3. The molecule has 1 amide bonds. The van der Waals surface area contributed by atoms with Crippen LogP contribution in [0.1, 0.15) is 15.9 Å². The molecular formula is C21H29Cl2N5O5S. The maximum absolute atomic E-state index is 12.9. The van der Waals surface area contributed by atoms with Gasteiger partial charge in [-0.05, 0) is 17.7 Å². The summed E-state index contributed by atoms with van der Waals surface area (Å²) in [7, 11) is 1.15. The van der Waals surface area contributed by atoms with Gasteiger partial charge in [-0.15, -0.1) is 0 Å². The SMILES string of the molecule is CN(Cc1ccc(Cl)c(Cl)c1)C(=O)c1cn(CCN2CCN(S(=O)(=O)N(C)C)CC2)c(O)c1O. The summed E-state index contributed by atoms with van der Waals surface area (Å²) in [6, 6.07) is 5.07. The average molecular weight is 534 g/mol. The van der Waals surface area contributed by atoms with Crippen molar-refractivity contribution in [1.29, 1.82) is 0 Å². The smallest absolute Gasteiger partial charge is 0.281 e. The standard InChI is InChI=1S/C21H29Cl2N5O5S/c1-24(2)34(32,33)28-10-7-26(8-11-28)6-9-27-14-16(19(29)21(27)31)20(30)25(3)13-15-4-5-17(22)18(23)12-15/h4-5,12,14,29,31H,6-11,13H2,1-3H3. The van der Waals surface area contributed by atoms with Gasteiger partial charge < -0.3 is 19.7 Å². The molecule has 0 spiro atoms. The molecule has 3 rings (SSSR count). The second-order valence-electron chi connectivity index (χ2n) is 8.35.